The summed E-state index contributed by atoms with van der Waals surface area (Å²) in [7, 11) is 1.81. The van der Waals surface area contributed by atoms with Gasteiger partial charge >= 0.3 is 0 Å². The Morgan fingerprint density at radius 1 is 0.732 bits per heavy atom. The summed E-state index contributed by atoms with van der Waals surface area (Å²) < 4.78 is 7.34. The Morgan fingerprint density at radius 3 is 2.12 bits per heavy atom. The summed E-state index contributed by atoms with van der Waals surface area (Å²) >= 11 is 3.46. The van der Waals surface area contributed by atoms with Gasteiger partial charge in [-0.1, -0.05) is 46.3 Å². The largest absolute Gasteiger partial charge is 0.299 e. The maximum absolute atomic E-state index is 13.7. The van der Waals surface area contributed by atoms with Crippen LogP contribution in [0.1, 0.15) is 17.1 Å². The number of hydrogen-bond donors (Lipinski definition) is 0. The third kappa shape index (κ3) is 4.44. The lowest BCUT2D eigenvalue weighted by Gasteiger charge is -2.14. The van der Waals surface area contributed by atoms with Crippen LogP contribution in [0.3, 0.4) is 0 Å². The first kappa shape index (κ1) is 26.3. The lowest BCUT2D eigenvalue weighted by molar-refractivity contribution is 0.630. The number of rotatable bonds is 5. The SMILES string of the molecule is Cc1nn(-c2nc3ccccc3c(=O)n2-c2ccc(Br)cc2)c(C)c1N=Nc1c(C)n(C)n(-c2ccccc2)c1=O. The maximum Gasteiger partial charge on any atom is 0.299 e. The molecule has 204 valence electrons. The van der Waals surface area contributed by atoms with E-state index in [0.29, 0.717) is 45.3 Å². The van der Waals surface area contributed by atoms with E-state index in [9.17, 15) is 9.59 Å². The lowest BCUT2D eigenvalue weighted by Crippen LogP contribution is -2.25. The van der Waals surface area contributed by atoms with Crippen molar-refractivity contribution in [3.05, 3.63) is 121 Å². The van der Waals surface area contributed by atoms with Gasteiger partial charge in [0.15, 0.2) is 5.69 Å². The van der Waals surface area contributed by atoms with E-state index in [1.54, 1.807) is 33.1 Å². The predicted octanol–water partition coefficient (Wildman–Crippen LogP) is 6.16. The minimum atomic E-state index is -0.275. The fourth-order valence-corrected chi connectivity index (χ4v) is 5.09. The highest BCUT2D eigenvalue weighted by atomic mass is 79.9. The molecule has 0 aliphatic rings. The van der Waals surface area contributed by atoms with E-state index in [1.807, 2.05) is 87.6 Å². The van der Waals surface area contributed by atoms with Crippen LogP contribution in [0.4, 0.5) is 11.4 Å². The van der Waals surface area contributed by atoms with Gasteiger partial charge < -0.3 is 0 Å². The van der Waals surface area contributed by atoms with Crippen LogP contribution < -0.4 is 11.1 Å². The van der Waals surface area contributed by atoms with E-state index in [2.05, 4.69) is 26.2 Å². The third-order valence-corrected chi connectivity index (χ3v) is 7.59. The van der Waals surface area contributed by atoms with Crippen LogP contribution in [0.5, 0.6) is 0 Å². The van der Waals surface area contributed by atoms with Gasteiger partial charge in [-0.3, -0.25) is 14.3 Å². The van der Waals surface area contributed by atoms with Gasteiger partial charge in [0.05, 0.1) is 39.4 Å². The van der Waals surface area contributed by atoms with Crippen molar-refractivity contribution in [2.75, 3.05) is 0 Å². The fourth-order valence-electron chi connectivity index (χ4n) is 4.83. The second-order valence-corrected chi connectivity index (χ2v) is 10.5. The topological polar surface area (TPSA) is 104 Å². The van der Waals surface area contributed by atoms with E-state index in [4.69, 9.17) is 10.1 Å². The molecule has 0 N–H and O–H groups in total. The van der Waals surface area contributed by atoms with Crippen LogP contribution in [0, 0.1) is 20.8 Å². The van der Waals surface area contributed by atoms with Crippen molar-refractivity contribution in [2.24, 2.45) is 17.3 Å². The molecule has 3 aromatic heterocycles. The molecule has 3 aromatic carbocycles. The van der Waals surface area contributed by atoms with Crippen molar-refractivity contribution in [3.63, 3.8) is 0 Å². The van der Waals surface area contributed by atoms with Gasteiger partial charge in [-0.05, 0) is 69.3 Å². The van der Waals surface area contributed by atoms with Gasteiger partial charge in [0.2, 0.25) is 5.95 Å². The standard InChI is InChI=1S/C30H25BrN8O2/c1-18-26(33-34-27-19(2)36(4)39(29(27)41)23-10-6-5-7-11-23)20(3)38(35-18)30-32-25-13-9-8-12-24(25)28(40)37(30)22-16-14-21(31)15-17-22/h5-17H,1-4H3. The summed E-state index contributed by atoms with van der Waals surface area (Å²) in [5.74, 6) is 0.320. The minimum Gasteiger partial charge on any atom is -0.283 e. The number of benzene rings is 3. The monoisotopic (exact) mass is 608 g/mol. The predicted molar refractivity (Wildman–Crippen MR) is 162 cm³/mol. The van der Waals surface area contributed by atoms with Gasteiger partial charge in [0, 0.05) is 11.5 Å². The van der Waals surface area contributed by atoms with E-state index in [0.717, 1.165) is 10.2 Å². The van der Waals surface area contributed by atoms with Gasteiger partial charge in [0.25, 0.3) is 11.1 Å². The van der Waals surface area contributed by atoms with E-state index in [-0.39, 0.29) is 16.8 Å². The Bertz CT molecular complexity index is 2080. The molecule has 0 unspecified atom stereocenters. The molecule has 0 saturated heterocycles. The number of aryl methyl sites for hydroxylation is 1. The Balaban J connectivity index is 1.50. The van der Waals surface area contributed by atoms with Crippen molar-refractivity contribution in [1.29, 1.82) is 0 Å². The molecule has 0 amide bonds. The highest BCUT2D eigenvalue weighted by Crippen LogP contribution is 2.29. The van der Waals surface area contributed by atoms with Crippen LogP contribution in [0.15, 0.2) is 103 Å². The van der Waals surface area contributed by atoms with Crippen molar-refractivity contribution in [1.82, 2.24) is 28.7 Å². The molecule has 6 rings (SSSR count). The van der Waals surface area contributed by atoms with Gasteiger partial charge in [0.1, 0.15) is 5.69 Å². The first-order chi connectivity index (χ1) is 19.8. The number of nitrogens with zero attached hydrogens (tertiary/aromatic N) is 8. The molecule has 0 spiro atoms. The second kappa shape index (κ2) is 10.3. The van der Waals surface area contributed by atoms with Gasteiger partial charge in [-0.25, -0.2) is 18.9 Å². The van der Waals surface area contributed by atoms with Crippen LogP contribution in [0.2, 0.25) is 0 Å². The number of para-hydroxylation sites is 2. The first-order valence-electron chi connectivity index (χ1n) is 12.9. The summed E-state index contributed by atoms with van der Waals surface area (Å²) in [4.78, 5) is 31.9. The zero-order valence-corrected chi connectivity index (χ0v) is 24.4. The summed E-state index contributed by atoms with van der Waals surface area (Å²) in [6.45, 7) is 5.47. The molecule has 0 bridgehead atoms. The quantitative estimate of drug-likeness (QED) is 0.218. The highest BCUT2D eigenvalue weighted by Gasteiger charge is 2.21. The number of fused-ring (bicyclic) bond motifs is 1. The molecule has 3 heterocycles. The average Bonchev–Trinajstić information content (AvgIpc) is 3.38. The zero-order chi connectivity index (χ0) is 28.8. The molecule has 6 aromatic rings. The normalized spacial score (nSPS) is 11.6. The first-order valence-corrected chi connectivity index (χ1v) is 13.7. The fraction of sp³-hybridized carbons (Fsp3) is 0.133. The summed E-state index contributed by atoms with van der Waals surface area (Å²) in [6.07, 6.45) is 0. The molecule has 0 saturated carbocycles. The number of azo groups is 1. The molecule has 41 heavy (non-hydrogen) atoms. The van der Waals surface area contributed by atoms with Crippen LogP contribution in [0.25, 0.3) is 28.2 Å². The third-order valence-electron chi connectivity index (χ3n) is 7.06. The Kier molecular flexibility index (Phi) is 6.58. The Morgan fingerprint density at radius 2 is 1.39 bits per heavy atom. The van der Waals surface area contributed by atoms with Crippen molar-refractivity contribution in [3.8, 4) is 17.3 Å². The van der Waals surface area contributed by atoms with Crippen molar-refractivity contribution < 1.29 is 0 Å². The molecule has 0 atom stereocenters. The molecule has 0 fully saturated rings. The smallest absolute Gasteiger partial charge is 0.283 e. The minimum absolute atomic E-state index is 0.218. The van der Waals surface area contributed by atoms with Crippen LogP contribution in [-0.2, 0) is 7.05 Å². The second-order valence-electron chi connectivity index (χ2n) is 9.59. The molecule has 0 aliphatic carbocycles. The summed E-state index contributed by atoms with van der Waals surface area (Å²) in [5.41, 5.74) is 4.03. The molecule has 0 radical (unpaired) electrons. The number of hydrogen-bond acceptors (Lipinski definition) is 6. The van der Waals surface area contributed by atoms with E-state index < -0.39 is 0 Å². The maximum atomic E-state index is 13.7. The average molecular weight is 609 g/mol. The van der Waals surface area contributed by atoms with E-state index in [1.165, 1.54) is 4.57 Å². The molecular weight excluding hydrogens is 584 g/mol. The molecular formula is C30H25BrN8O2. The molecule has 11 heteroatoms. The molecule has 0 aliphatic heterocycles. The van der Waals surface area contributed by atoms with Crippen molar-refractivity contribution >= 4 is 38.2 Å². The van der Waals surface area contributed by atoms with Gasteiger partial charge in [-0.15, -0.1) is 10.2 Å². The van der Waals surface area contributed by atoms with Crippen molar-refractivity contribution in [2.45, 2.75) is 20.8 Å². The number of halogens is 1. The van der Waals surface area contributed by atoms with E-state index >= 15 is 0 Å². The van der Waals surface area contributed by atoms with Crippen LogP contribution in [-0.4, -0.2) is 28.7 Å². The number of aromatic nitrogens is 6. The van der Waals surface area contributed by atoms with Gasteiger partial charge in [-0.2, -0.15) is 5.10 Å². The van der Waals surface area contributed by atoms with Crippen LogP contribution >= 0.6 is 15.9 Å². The Hall–Kier alpha value is -4.90. The molecule has 10 nitrogen and oxygen atoms in total. The lowest BCUT2D eigenvalue weighted by atomic mass is 10.2. The Labute approximate surface area is 243 Å². The zero-order valence-electron chi connectivity index (χ0n) is 22.8. The summed E-state index contributed by atoms with van der Waals surface area (Å²) in [5, 5.41) is 14.1. The summed E-state index contributed by atoms with van der Waals surface area (Å²) in [6, 6.07) is 24.0. The highest BCUT2D eigenvalue weighted by molar-refractivity contribution is 9.10.